The predicted molar refractivity (Wildman–Crippen MR) is 60.3 cm³/mol. The second kappa shape index (κ2) is 9.72. The lowest BCUT2D eigenvalue weighted by Crippen LogP contribution is -2.02. The normalized spacial score (nSPS) is 11.0. The molecule has 0 saturated heterocycles. The molecule has 0 saturated carbocycles. The zero-order chi connectivity index (χ0) is 9.23. The van der Waals surface area contributed by atoms with E-state index in [4.69, 9.17) is 0 Å². The molecule has 0 atom stereocenters. The average Bonchev–Trinajstić information content (AvgIpc) is 2.10. The van der Waals surface area contributed by atoms with Gasteiger partial charge in [0.15, 0.2) is 0 Å². The molecule has 0 heterocycles. The third kappa shape index (κ3) is 7.29. The van der Waals surface area contributed by atoms with Crippen molar-refractivity contribution in [2.24, 2.45) is 5.92 Å². The Balaban J connectivity index is 3.40. The molecular formula is C9H19FS2. The standard InChI is InChI=1S/C9H19FS2/c10-6-5-9(3-1-7-11)4-2-8-12/h9,11-12H,1-8H2. The number of thiol groups is 2. The van der Waals surface area contributed by atoms with E-state index in [2.05, 4.69) is 25.3 Å². The summed E-state index contributed by atoms with van der Waals surface area (Å²) < 4.78 is 12.1. The van der Waals surface area contributed by atoms with E-state index in [1.807, 2.05) is 0 Å². The Bertz CT molecular complexity index is 80.6. The van der Waals surface area contributed by atoms with Crippen molar-refractivity contribution in [3.63, 3.8) is 0 Å². The van der Waals surface area contributed by atoms with Gasteiger partial charge in [-0.05, 0) is 49.5 Å². The van der Waals surface area contributed by atoms with Crippen LogP contribution in [0.1, 0.15) is 32.1 Å². The minimum atomic E-state index is -0.177. The smallest absolute Gasteiger partial charge is 0.0897 e. The van der Waals surface area contributed by atoms with E-state index in [1.165, 1.54) is 0 Å². The Hall–Kier alpha value is 0.630. The molecule has 0 radical (unpaired) electrons. The van der Waals surface area contributed by atoms with Crippen LogP contribution in [-0.2, 0) is 0 Å². The molecule has 0 aromatic heterocycles. The molecule has 0 aliphatic heterocycles. The molecule has 0 aliphatic rings. The molecule has 0 aromatic rings. The molecule has 0 amide bonds. The number of rotatable bonds is 8. The largest absolute Gasteiger partial charge is 0.251 e. The first-order valence-electron chi connectivity index (χ1n) is 4.62. The minimum Gasteiger partial charge on any atom is -0.251 e. The van der Waals surface area contributed by atoms with Crippen LogP contribution in [0.25, 0.3) is 0 Å². The second-order valence-electron chi connectivity index (χ2n) is 3.08. The van der Waals surface area contributed by atoms with Gasteiger partial charge in [0, 0.05) is 0 Å². The van der Waals surface area contributed by atoms with Gasteiger partial charge in [-0.25, -0.2) is 0 Å². The van der Waals surface area contributed by atoms with E-state index < -0.39 is 0 Å². The lowest BCUT2D eigenvalue weighted by atomic mass is 9.95. The first kappa shape index (κ1) is 12.6. The number of hydrogen-bond donors (Lipinski definition) is 2. The van der Waals surface area contributed by atoms with E-state index >= 15 is 0 Å². The van der Waals surface area contributed by atoms with Gasteiger partial charge in [-0.2, -0.15) is 25.3 Å². The van der Waals surface area contributed by atoms with Crippen LogP contribution in [-0.4, -0.2) is 18.2 Å². The maximum atomic E-state index is 12.1. The molecule has 12 heavy (non-hydrogen) atoms. The average molecular weight is 210 g/mol. The first-order valence-corrected chi connectivity index (χ1v) is 5.89. The lowest BCUT2D eigenvalue weighted by Gasteiger charge is -2.13. The number of halogens is 1. The van der Waals surface area contributed by atoms with E-state index in [0.29, 0.717) is 5.92 Å². The van der Waals surface area contributed by atoms with Gasteiger partial charge in [-0.1, -0.05) is 0 Å². The van der Waals surface area contributed by atoms with Crippen LogP contribution in [0.3, 0.4) is 0 Å². The Morgan fingerprint density at radius 2 is 1.42 bits per heavy atom. The van der Waals surface area contributed by atoms with Crippen LogP contribution < -0.4 is 0 Å². The van der Waals surface area contributed by atoms with Gasteiger partial charge in [0.2, 0.25) is 0 Å². The molecule has 0 N–H and O–H groups in total. The van der Waals surface area contributed by atoms with Crippen molar-refractivity contribution >= 4 is 25.3 Å². The third-order valence-corrected chi connectivity index (χ3v) is 2.69. The summed E-state index contributed by atoms with van der Waals surface area (Å²) in [5.74, 6) is 2.40. The van der Waals surface area contributed by atoms with Gasteiger partial charge < -0.3 is 0 Å². The molecule has 74 valence electrons. The minimum absolute atomic E-state index is 0.177. The Morgan fingerprint density at radius 1 is 0.917 bits per heavy atom. The highest BCUT2D eigenvalue weighted by Gasteiger charge is 2.06. The fourth-order valence-corrected chi connectivity index (χ4v) is 1.71. The highest BCUT2D eigenvalue weighted by Crippen LogP contribution is 2.18. The first-order chi connectivity index (χ1) is 5.85. The van der Waals surface area contributed by atoms with Crippen LogP contribution in [0, 0.1) is 5.92 Å². The Kier molecular flexibility index (Phi) is 10.2. The quantitative estimate of drug-likeness (QED) is 0.564. The van der Waals surface area contributed by atoms with E-state index in [9.17, 15) is 4.39 Å². The topological polar surface area (TPSA) is 0 Å². The molecule has 0 bridgehead atoms. The summed E-state index contributed by atoms with van der Waals surface area (Å²) in [6.07, 6.45) is 5.20. The molecule has 0 fully saturated rings. The zero-order valence-electron chi connectivity index (χ0n) is 7.51. The van der Waals surface area contributed by atoms with Gasteiger partial charge in [0.1, 0.15) is 0 Å². The maximum Gasteiger partial charge on any atom is 0.0897 e. The summed E-state index contributed by atoms with van der Waals surface area (Å²) in [7, 11) is 0. The summed E-state index contributed by atoms with van der Waals surface area (Å²) in [4.78, 5) is 0. The van der Waals surface area contributed by atoms with Gasteiger partial charge >= 0.3 is 0 Å². The highest BCUT2D eigenvalue weighted by molar-refractivity contribution is 7.80. The van der Waals surface area contributed by atoms with Gasteiger partial charge in [-0.15, -0.1) is 0 Å². The van der Waals surface area contributed by atoms with E-state index in [1.54, 1.807) is 0 Å². The zero-order valence-corrected chi connectivity index (χ0v) is 9.30. The van der Waals surface area contributed by atoms with Gasteiger partial charge in [0.25, 0.3) is 0 Å². The molecule has 0 aliphatic carbocycles. The van der Waals surface area contributed by atoms with Crippen molar-refractivity contribution in [2.75, 3.05) is 18.2 Å². The molecule has 0 rings (SSSR count). The van der Waals surface area contributed by atoms with Gasteiger partial charge in [-0.3, -0.25) is 4.39 Å². The third-order valence-electron chi connectivity index (χ3n) is 2.06. The van der Waals surface area contributed by atoms with Crippen LogP contribution in [0.4, 0.5) is 4.39 Å². The van der Waals surface area contributed by atoms with E-state index in [0.717, 1.165) is 43.6 Å². The summed E-state index contributed by atoms with van der Waals surface area (Å²) in [5.41, 5.74) is 0. The number of hydrogen-bond acceptors (Lipinski definition) is 2. The monoisotopic (exact) mass is 210 g/mol. The molecule has 3 heteroatoms. The fourth-order valence-electron chi connectivity index (χ4n) is 1.35. The molecule has 0 spiro atoms. The van der Waals surface area contributed by atoms with Gasteiger partial charge in [0.05, 0.1) is 6.67 Å². The second-order valence-corrected chi connectivity index (χ2v) is 3.97. The van der Waals surface area contributed by atoms with Crippen molar-refractivity contribution in [1.82, 2.24) is 0 Å². The summed E-state index contributed by atoms with van der Waals surface area (Å²) in [5, 5.41) is 0. The van der Waals surface area contributed by atoms with Crippen molar-refractivity contribution in [2.45, 2.75) is 32.1 Å². The maximum absolute atomic E-state index is 12.1. The van der Waals surface area contributed by atoms with Crippen molar-refractivity contribution in [1.29, 1.82) is 0 Å². The molecule has 0 unspecified atom stereocenters. The fraction of sp³-hybridized carbons (Fsp3) is 1.00. The Morgan fingerprint density at radius 3 is 1.75 bits per heavy atom. The van der Waals surface area contributed by atoms with Crippen molar-refractivity contribution < 1.29 is 4.39 Å². The van der Waals surface area contributed by atoms with Crippen molar-refractivity contribution in [3.05, 3.63) is 0 Å². The van der Waals surface area contributed by atoms with Crippen LogP contribution in [0.5, 0.6) is 0 Å². The molecule has 0 nitrogen and oxygen atoms in total. The lowest BCUT2D eigenvalue weighted by molar-refractivity contribution is 0.350. The molecular weight excluding hydrogens is 191 g/mol. The predicted octanol–water partition coefficient (Wildman–Crippen LogP) is 3.38. The SMILES string of the molecule is FCCC(CCCS)CCCS. The summed E-state index contributed by atoms with van der Waals surface area (Å²) in [6, 6.07) is 0. The summed E-state index contributed by atoms with van der Waals surface area (Å²) >= 11 is 8.29. The van der Waals surface area contributed by atoms with Crippen LogP contribution >= 0.6 is 25.3 Å². The van der Waals surface area contributed by atoms with Crippen LogP contribution in [0.15, 0.2) is 0 Å². The van der Waals surface area contributed by atoms with E-state index in [-0.39, 0.29) is 6.67 Å². The number of alkyl halides is 1. The Labute approximate surface area is 86.1 Å². The van der Waals surface area contributed by atoms with Crippen LogP contribution in [0.2, 0.25) is 0 Å². The summed E-state index contributed by atoms with van der Waals surface area (Å²) in [6.45, 7) is -0.177. The molecule has 0 aromatic carbocycles. The highest BCUT2D eigenvalue weighted by atomic mass is 32.1. The van der Waals surface area contributed by atoms with Crippen molar-refractivity contribution in [3.8, 4) is 0 Å².